The van der Waals surface area contributed by atoms with Crippen molar-refractivity contribution in [1.82, 2.24) is 15.6 Å². The van der Waals surface area contributed by atoms with E-state index in [2.05, 4.69) is 15.6 Å². The number of para-hydroxylation sites is 2. The zero-order chi connectivity index (χ0) is 22.7. The molecule has 2 N–H and O–H groups in total. The average Bonchev–Trinajstić information content (AvgIpc) is 3.22. The molecule has 4 rings (SSSR count). The molecule has 0 bridgehead atoms. The van der Waals surface area contributed by atoms with Crippen molar-refractivity contribution in [2.75, 3.05) is 7.11 Å². The molecule has 0 saturated heterocycles. The highest BCUT2D eigenvalue weighted by Crippen LogP contribution is 2.32. The number of ether oxygens (including phenoxy) is 1. The number of carbonyl (C=O) groups is 1. The average molecular weight is 486 g/mol. The summed E-state index contributed by atoms with van der Waals surface area (Å²) in [4.78, 5) is 17.1. The third-order valence-electron chi connectivity index (χ3n) is 4.63. The molecule has 0 unspecified atom stereocenters. The Bertz CT molecular complexity index is 1270. The highest BCUT2D eigenvalue weighted by Gasteiger charge is 2.17. The summed E-state index contributed by atoms with van der Waals surface area (Å²) < 4.78 is 11.0. The summed E-state index contributed by atoms with van der Waals surface area (Å²) in [6.45, 7) is 0.417. The fourth-order valence-electron chi connectivity index (χ4n) is 3.09. The predicted octanol–water partition coefficient (Wildman–Crippen LogP) is 5.61. The van der Waals surface area contributed by atoms with Crippen molar-refractivity contribution < 1.29 is 13.9 Å². The van der Waals surface area contributed by atoms with Gasteiger partial charge in [0.05, 0.1) is 17.7 Å². The van der Waals surface area contributed by atoms with Crippen LogP contribution in [0.1, 0.15) is 15.9 Å². The molecule has 0 atom stereocenters. The minimum absolute atomic E-state index is 0.163. The summed E-state index contributed by atoms with van der Waals surface area (Å²) in [5.74, 6) is 0.309. The molecule has 0 radical (unpaired) electrons. The van der Waals surface area contributed by atoms with Gasteiger partial charge in [-0.05, 0) is 54.2 Å². The van der Waals surface area contributed by atoms with Crippen LogP contribution >= 0.6 is 35.4 Å². The first-order valence-corrected chi connectivity index (χ1v) is 10.7. The van der Waals surface area contributed by atoms with Gasteiger partial charge in [-0.1, -0.05) is 47.5 Å². The van der Waals surface area contributed by atoms with Gasteiger partial charge in [0.15, 0.2) is 10.7 Å². The fraction of sp³-hybridized carbons (Fsp3) is 0.0870. The second kappa shape index (κ2) is 9.56. The third-order valence-corrected chi connectivity index (χ3v) is 5.38. The van der Waals surface area contributed by atoms with E-state index in [9.17, 15) is 4.79 Å². The number of aromatic nitrogens is 1. The van der Waals surface area contributed by atoms with Crippen molar-refractivity contribution in [1.29, 1.82) is 0 Å². The van der Waals surface area contributed by atoms with Gasteiger partial charge in [-0.3, -0.25) is 10.1 Å². The maximum absolute atomic E-state index is 12.6. The van der Waals surface area contributed by atoms with Crippen LogP contribution in [0, 0.1) is 0 Å². The van der Waals surface area contributed by atoms with Crippen LogP contribution in [0.3, 0.4) is 0 Å². The molecule has 1 amide bonds. The molecule has 162 valence electrons. The molecule has 0 aliphatic rings. The van der Waals surface area contributed by atoms with Crippen molar-refractivity contribution in [2.45, 2.75) is 6.54 Å². The Kier molecular flexibility index (Phi) is 6.60. The lowest BCUT2D eigenvalue weighted by atomic mass is 10.1. The Hall–Kier alpha value is -3.13. The SMILES string of the molecule is COc1c(Cl)cc(Cl)cc1C(=O)NC(=S)NCc1ccc(-c2nc3ccccc3o2)cc1. The second-order valence-electron chi connectivity index (χ2n) is 6.79. The monoisotopic (exact) mass is 485 g/mol. The van der Waals surface area contributed by atoms with Gasteiger partial charge in [0.1, 0.15) is 11.3 Å². The fourth-order valence-corrected chi connectivity index (χ4v) is 3.83. The number of thiocarbonyl (C=S) groups is 1. The van der Waals surface area contributed by atoms with Gasteiger partial charge in [-0.25, -0.2) is 4.98 Å². The van der Waals surface area contributed by atoms with Gasteiger partial charge in [0.25, 0.3) is 5.91 Å². The molecule has 0 saturated carbocycles. The van der Waals surface area contributed by atoms with Gasteiger partial charge < -0.3 is 14.5 Å². The molecule has 0 aliphatic carbocycles. The first kappa shape index (κ1) is 22.1. The smallest absolute Gasteiger partial charge is 0.261 e. The molecule has 32 heavy (non-hydrogen) atoms. The van der Waals surface area contributed by atoms with Crippen molar-refractivity contribution in [3.63, 3.8) is 0 Å². The van der Waals surface area contributed by atoms with E-state index in [0.717, 1.165) is 22.2 Å². The topological polar surface area (TPSA) is 76.4 Å². The number of nitrogens with one attached hydrogen (secondary N) is 2. The molecule has 1 aromatic heterocycles. The summed E-state index contributed by atoms with van der Waals surface area (Å²) in [6, 6.07) is 18.3. The largest absolute Gasteiger partial charge is 0.494 e. The number of fused-ring (bicyclic) bond motifs is 1. The minimum Gasteiger partial charge on any atom is -0.494 e. The van der Waals surface area contributed by atoms with Gasteiger partial charge in [-0.2, -0.15) is 0 Å². The number of nitrogens with zero attached hydrogens (tertiary/aromatic N) is 1. The summed E-state index contributed by atoms with van der Waals surface area (Å²) in [6.07, 6.45) is 0. The summed E-state index contributed by atoms with van der Waals surface area (Å²) in [5.41, 5.74) is 3.58. The zero-order valence-electron chi connectivity index (χ0n) is 16.8. The lowest BCUT2D eigenvalue weighted by Crippen LogP contribution is -2.39. The van der Waals surface area contributed by atoms with Crippen LogP contribution in [0.4, 0.5) is 0 Å². The number of oxazole rings is 1. The van der Waals surface area contributed by atoms with E-state index in [1.54, 1.807) is 0 Å². The van der Waals surface area contributed by atoms with Crippen molar-refractivity contribution in [2.24, 2.45) is 0 Å². The maximum Gasteiger partial charge on any atom is 0.261 e. The van der Waals surface area contributed by atoms with E-state index in [1.165, 1.54) is 19.2 Å². The van der Waals surface area contributed by atoms with Crippen molar-refractivity contribution >= 4 is 57.5 Å². The highest BCUT2D eigenvalue weighted by atomic mass is 35.5. The van der Waals surface area contributed by atoms with Crippen LogP contribution in [0.2, 0.25) is 10.0 Å². The number of carbonyl (C=O) groups excluding carboxylic acids is 1. The van der Waals surface area contributed by atoms with Crippen LogP contribution in [0.25, 0.3) is 22.6 Å². The minimum atomic E-state index is -0.477. The van der Waals surface area contributed by atoms with Crippen LogP contribution in [-0.2, 0) is 6.54 Å². The van der Waals surface area contributed by atoms with E-state index in [4.69, 9.17) is 44.6 Å². The Morgan fingerprint density at radius 3 is 2.59 bits per heavy atom. The number of halogens is 2. The highest BCUT2D eigenvalue weighted by molar-refractivity contribution is 7.80. The lowest BCUT2D eigenvalue weighted by Gasteiger charge is -2.13. The lowest BCUT2D eigenvalue weighted by molar-refractivity contribution is 0.0973. The Morgan fingerprint density at radius 2 is 1.88 bits per heavy atom. The third kappa shape index (κ3) is 4.85. The Balaban J connectivity index is 1.37. The summed E-state index contributed by atoms with van der Waals surface area (Å²) >= 11 is 17.3. The molecular formula is C23H17Cl2N3O3S. The molecule has 6 nitrogen and oxygen atoms in total. The van der Waals surface area contributed by atoms with Crippen molar-refractivity contribution in [3.05, 3.63) is 81.8 Å². The molecule has 0 fully saturated rings. The van der Waals surface area contributed by atoms with Crippen LogP contribution in [0.15, 0.2) is 65.1 Å². The Morgan fingerprint density at radius 1 is 1.12 bits per heavy atom. The molecule has 4 aromatic rings. The molecule has 9 heteroatoms. The van der Waals surface area contributed by atoms with E-state index in [-0.39, 0.29) is 21.4 Å². The van der Waals surface area contributed by atoms with Crippen molar-refractivity contribution in [3.8, 4) is 17.2 Å². The second-order valence-corrected chi connectivity index (χ2v) is 8.04. The van der Waals surface area contributed by atoms with Crippen LogP contribution in [-0.4, -0.2) is 23.1 Å². The number of rotatable bonds is 5. The molecular weight excluding hydrogens is 469 g/mol. The first-order chi connectivity index (χ1) is 15.4. The van der Waals surface area contributed by atoms with E-state index < -0.39 is 5.91 Å². The van der Waals surface area contributed by atoms with Gasteiger partial charge in [0.2, 0.25) is 5.89 Å². The van der Waals surface area contributed by atoms with E-state index in [1.807, 2.05) is 48.5 Å². The molecule has 3 aromatic carbocycles. The number of methoxy groups -OCH3 is 1. The van der Waals surface area contributed by atoms with Gasteiger partial charge in [0, 0.05) is 17.1 Å². The number of hydrogen-bond donors (Lipinski definition) is 2. The summed E-state index contributed by atoms with van der Waals surface area (Å²) in [7, 11) is 1.42. The molecule has 0 spiro atoms. The van der Waals surface area contributed by atoms with Gasteiger partial charge >= 0.3 is 0 Å². The number of amides is 1. The maximum atomic E-state index is 12.6. The number of hydrogen-bond acceptors (Lipinski definition) is 5. The molecule has 1 heterocycles. The normalized spacial score (nSPS) is 10.7. The van der Waals surface area contributed by atoms with Gasteiger partial charge in [-0.15, -0.1) is 0 Å². The molecule has 0 aliphatic heterocycles. The zero-order valence-corrected chi connectivity index (χ0v) is 19.1. The standard InChI is InChI=1S/C23H17Cl2N3O3S/c1-30-20-16(10-15(24)11-17(20)25)21(29)28-23(32)26-12-13-6-8-14(9-7-13)22-27-18-4-2-3-5-19(18)31-22/h2-11H,12H2,1H3,(H2,26,28,29,32). The quantitative estimate of drug-likeness (QED) is 0.357. The first-order valence-electron chi connectivity index (χ1n) is 9.51. The van der Waals surface area contributed by atoms with Crippen LogP contribution in [0.5, 0.6) is 5.75 Å². The van der Waals surface area contributed by atoms with E-state index >= 15 is 0 Å². The predicted molar refractivity (Wildman–Crippen MR) is 129 cm³/mol. The summed E-state index contributed by atoms with van der Waals surface area (Å²) in [5, 5.41) is 6.33. The van der Waals surface area contributed by atoms with Crippen LogP contribution < -0.4 is 15.4 Å². The Labute approximate surface area is 199 Å². The number of benzene rings is 3. The van der Waals surface area contributed by atoms with E-state index in [0.29, 0.717) is 17.5 Å².